The van der Waals surface area contributed by atoms with Gasteiger partial charge in [0.1, 0.15) is 13.6 Å². The first-order valence-electron chi connectivity index (χ1n) is 11.0. The van der Waals surface area contributed by atoms with Gasteiger partial charge in [-0.1, -0.05) is 6.07 Å². The van der Waals surface area contributed by atoms with E-state index >= 15 is 0 Å². The fourth-order valence-electron chi connectivity index (χ4n) is 4.07. The Morgan fingerprint density at radius 2 is 1.35 bits per heavy atom. The third-order valence-electron chi connectivity index (χ3n) is 5.69. The van der Waals surface area contributed by atoms with Gasteiger partial charge in [-0.25, -0.2) is 0 Å². The molecule has 4 aromatic rings. The predicted molar refractivity (Wildman–Crippen MR) is 138 cm³/mol. The minimum Gasteiger partial charge on any atom is -0.780 e. The summed E-state index contributed by atoms with van der Waals surface area (Å²) < 4.78 is 43.7. The third kappa shape index (κ3) is 6.99. The molecule has 1 heterocycles. The molecule has 0 unspecified atom stereocenters. The smallest absolute Gasteiger partial charge is 0.780 e. The molecule has 0 aliphatic heterocycles. The van der Waals surface area contributed by atoms with E-state index in [9.17, 15) is 19.1 Å². The van der Waals surface area contributed by atoms with Crippen LogP contribution in [0.2, 0.25) is 0 Å². The minimum atomic E-state index is -5.39. The molecular formula is C26H23Na2O10PS. The second-order valence-electron chi connectivity index (χ2n) is 7.79. The van der Waals surface area contributed by atoms with Crippen LogP contribution in [0.5, 0.6) is 34.5 Å². The topological polar surface area (TPSA) is 136 Å². The van der Waals surface area contributed by atoms with Crippen molar-refractivity contribution in [1.82, 2.24) is 0 Å². The van der Waals surface area contributed by atoms with Gasteiger partial charge in [0.25, 0.3) is 0 Å². The molecule has 40 heavy (non-hydrogen) atoms. The van der Waals surface area contributed by atoms with Crippen molar-refractivity contribution >= 4 is 35.0 Å². The van der Waals surface area contributed by atoms with E-state index in [0.717, 1.165) is 4.70 Å². The number of phosphoric acid groups is 1. The Balaban J connectivity index is 0.00000280. The van der Waals surface area contributed by atoms with Crippen molar-refractivity contribution in [2.24, 2.45) is 0 Å². The molecule has 0 bridgehead atoms. The second kappa shape index (κ2) is 14.4. The van der Waals surface area contributed by atoms with Crippen LogP contribution in [-0.4, -0.2) is 41.3 Å². The summed E-state index contributed by atoms with van der Waals surface area (Å²) in [6, 6.07) is 12.9. The molecule has 200 valence electrons. The monoisotopic (exact) mass is 604 g/mol. The maximum atomic E-state index is 14.2. The average Bonchev–Trinajstić information content (AvgIpc) is 3.30. The third-order valence-corrected chi connectivity index (χ3v) is 7.31. The molecule has 0 aliphatic rings. The molecular weight excluding hydrogens is 581 g/mol. The second-order valence-corrected chi connectivity index (χ2v) is 9.92. The van der Waals surface area contributed by atoms with Gasteiger partial charge in [0.05, 0.1) is 41.1 Å². The first-order valence-corrected chi connectivity index (χ1v) is 13.3. The number of thiophene rings is 1. The largest absolute Gasteiger partial charge is 1.00 e. The van der Waals surface area contributed by atoms with Crippen LogP contribution in [0, 0.1) is 0 Å². The first kappa shape index (κ1) is 34.4. The Kier molecular flexibility index (Phi) is 12.4. The number of hydrogen-bond donors (Lipinski definition) is 0. The van der Waals surface area contributed by atoms with Crippen molar-refractivity contribution in [3.8, 4) is 44.9 Å². The number of hydrogen-bond acceptors (Lipinski definition) is 11. The van der Waals surface area contributed by atoms with Gasteiger partial charge in [-0.05, 0) is 48.0 Å². The van der Waals surface area contributed by atoms with Crippen LogP contribution in [0.15, 0.2) is 48.5 Å². The fraction of sp³-hybridized carbons (Fsp3) is 0.192. The SMILES string of the molecule is COc1ccc(-c2sc3cccc(OC)c3c2C(=O)c2cc(OC)c(OC)c(OC)c2)cc1OP(=O)([O-])[O-].[Na+].[Na+]. The Morgan fingerprint density at radius 3 is 1.88 bits per heavy atom. The number of rotatable bonds is 10. The number of carbonyl (C=O) groups is 1. The zero-order valence-corrected chi connectivity index (χ0v) is 28.8. The Labute approximate surface area is 279 Å². The number of phosphoric ester groups is 1. The summed E-state index contributed by atoms with van der Waals surface area (Å²) in [6.07, 6.45) is 0. The zero-order chi connectivity index (χ0) is 27.6. The summed E-state index contributed by atoms with van der Waals surface area (Å²) in [5, 5.41) is 0.561. The van der Waals surface area contributed by atoms with Crippen LogP contribution in [0.1, 0.15) is 15.9 Å². The van der Waals surface area contributed by atoms with E-state index in [0.29, 0.717) is 44.4 Å². The number of carbonyl (C=O) groups excluding carboxylic acids is 1. The molecule has 1 aromatic heterocycles. The molecule has 0 saturated heterocycles. The first-order chi connectivity index (χ1) is 18.1. The summed E-state index contributed by atoms with van der Waals surface area (Å²) in [4.78, 5) is 37.4. The van der Waals surface area contributed by atoms with Crippen LogP contribution in [0.25, 0.3) is 20.5 Å². The number of ketones is 1. The van der Waals surface area contributed by atoms with Crippen molar-refractivity contribution in [2.75, 3.05) is 35.5 Å². The summed E-state index contributed by atoms with van der Waals surface area (Å²) >= 11 is 1.29. The van der Waals surface area contributed by atoms with Gasteiger partial charge in [0, 0.05) is 20.5 Å². The molecule has 14 heteroatoms. The van der Waals surface area contributed by atoms with Crippen molar-refractivity contribution in [3.05, 3.63) is 59.7 Å². The molecule has 0 fully saturated rings. The minimum absolute atomic E-state index is 0. The molecule has 0 N–H and O–H groups in total. The van der Waals surface area contributed by atoms with Crippen LogP contribution in [0.3, 0.4) is 0 Å². The summed E-state index contributed by atoms with van der Waals surface area (Å²) in [5.41, 5.74) is 0.966. The number of methoxy groups -OCH3 is 5. The van der Waals surface area contributed by atoms with E-state index in [4.69, 9.17) is 23.7 Å². The molecule has 0 aliphatic carbocycles. The van der Waals surface area contributed by atoms with Gasteiger partial charge in [-0.15, -0.1) is 11.3 Å². The van der Waals surface area contributed by atoms with E-state index < -0.39 is 7.82 Å². The number of fused-ring (bicyclic) bond motifs is 1. The summed E-state index contributed by atoms with van der Waals surface area (Å²) in [7, 11) is 1.78. The standard InChI is InChI=1S/C26H25O10PS.2Na/c1-31-16-10-9-14(11-18(16)36-37(28,29)30)26-23(22-17(32-2)7-6-8-21(22)38-26)24(27)15-12-19(33-3)25(35-5)20(13-15)34-4;;/h6-13H,1-5H3,(H2,28,29,30);;/q;2*+1/p-2. The molecule has 4 rings (SSSR count). The van der Waals surface area contributed by atoms with E-state index in [1.807, 2.05) is 6.07 Å². The zero-order valence-electron chi connectivity index (χ0n) is 23.1. The Morgan fingerprint density at radius 1 is 0.750 bits per heavy atom. The van der Waals surface area contributed by atoms with Crippen molar-refractivity contribution < 1.29 is 106 Å². The Hall–Kier alpha value is -1.76. The Bertz CT molecular complexity index is 1540. The van der Waals surface area contributed by atoms with E-state index in [1.54, 1.807) is 30.3 Å². The van der Waals surface area contributed by atoms with Crippen LogP contribution in [0.4, 0.5) is 0 Å². The molecule has 0 saturated carbocycles. The molecule has 0 spiro atoms. The molecule has 0 amide bonds. The normalized spacial score (nSPS) is 10.7. The van der Waals surface area contributed by atoms with E-state index in [1.165, 1.54) is 59.0 Å². The van der Waals surface area contributed by atoms with Gasteiger partial charge in [0.15, 0.2) is 28.8 Å². The van der Waals surface area contributed by atoms with Gasteiger partial charge in [-0.2, -0.15) is 0 Å². The maximum Gasteiger partial charge on any atom is 1.00 e. The van der Waals surface area contributed by atoms with Crippen LogP contribution >= 0.6 is 19.2 Å². The average molecular weight is 604 g/mol. The fourth-order valence-corrected chi connectivity index (χ4v) is 5.67. The molecule has 0 radical (unpaired) electrons. The predicted octanol–water partition coefficient (Wildman–Crippen LogP) is -1.94. The van der Waals surface area contributed by atoms with Crippen LogP contribution < -0.4 is 97.1 Å². The van der Waals surface area contributed by atoms with E-state index in [-0.39, 0.29) is 82.0 Å². The van der Waals surface area contributed by atoms with E-state index in [2.05, 4.69) is 4.52 Å². The van der Waals surface area contributed by atoms with Gasteiger partial charge in [-0.3, -0.25) is 4.79 Å². The molecule has 3 aromatic carbocycles. The summed E-state index contributed by atoms with van der Waals surface area (Å²) in [5.74, 6) is 0.748. The van der Waals surface area contributed by atoms with Crippen LogP contribution in [-0.2, 0) is 4.57 Å². The van der Waals surface area contributed by atoms with Gasteiger partial charge in [0.2, 0.25) is 5.75 Å². The summed E-state index contributed by atoms with van der Waals surface area (Å²) in [6.45, 7) is 0. The maximum absolute atomic E-state index is 14.2. The van der Waals surface area contributed by atoms with Crippen molar-refractivity contribution in [3.63, 3.8) is 0 Å². The van der Waals surface area contributed by atoms with Crippen molar-refractivity contribution in [2.45, 2.75) is 0 Å². The molecule has 10 nitrogen and oxygen atoms in total. The number of ether oxygens (including phenoxy) is 5. The number of benzene rings is 3. The quantitative estimate of drug-likeness (QED) is 0.114. The van der Waals surface area contributed by atoms with Gasteiger partial charge >= 0.3 is 59.1 Å². The van der Waals surface area contributed by atoms with Gasteiger partial charge < -0.3 is 42.6 Å². The molecule has 0 atom stereocenters. The van der Waals surface area contributed by atoms with Crippen molar-refractivity contribution in [1.29, 1.82) is 0 Å².